The molecular formula is C23H28N4O2S. The van der Waals surface area contributed by atoms with Crippen molar-refractivity contribution in [2.75, 3.05) is 35.6 Å². The lowest BCUT2D eigenvalue weighted by Crippen LogP contribution is -2.26. The van der Waals surface area contributed by atoms with E-state index in [1.807, 2.05) is 24.3 Å². The maximum atomic E-state index is 12.7. The van der Waals surface area contributed by atoms with Crippen molar-refractivity contribution in [1.29, 1.82) is 0 Å². The Morgan fingerprint density at radius 2 is 1.97 bits per heavy atom. The van der Waals surface area contributed by atoms with Crippen LogP contribution in [0.25, 0.3) is 10.9 Å². The lowest BCUT2D eigenvalue weighted by molar-refractivity contribution is 0.596. The van der Waals surface area contributed by atoms with Crippen LogP contribution < -0.4 is 16.0 Å². The number of pyridine rings is 1. The van der Waals surface area contributed by atoms with Crippen molar-refractivity contribution in [3.05, 3.63) is 59.7 Å². The summed E-state index contributed by atoms with van der Waals surface area (Å²) in [4.78, 5) is 7.38. The smallest absolute Gasteiger partial charge is 0.180 e. The number of fused-ring (bicyclic) bond motifs is 2. The van der Waals surface area contributed by atoms with Gasteiger partial charge in [-0.05, 0) is 50.1 Å². The molecule has 3 aromatic rings. The van der Waals surface area contributed by atoms with Gasteiger partial charge in [0.1, 0.15) is 5.82 Å². The van der Waals surface area contributed by atoms with Gasteiger partial charge in [-0.15, -0.1) is 0 Å². The molecule has 0 fully saturated rings. The topological polar surface area (TPSA) is 88.3 Å². The summed E-state index contributed by atoms with van der Waals surface area (Å²) in [6.07, 6.45) is 1.97. The lowest BCUT2D eigenvalue weighted by atomic mass is 10.1. The second-order valence-electron chi connectivity index (χ2n) is 7.82. The summed E-state index contributed by atoms with van der Waals surface area (Å²) in [7, 11) is -3.30. The maximum Gasteiger partial charge on any atom is 0.180 e. The van der Waals surface area contributed by atoms with Gasteiger partial charge in [0.15, 0.2) is 9.84 Å². The van der Waals surface area contributed by atoms with Gasteiger partial charge in [0, 0.05) is 36.8 Å². The minimum absolute atomic E-state index is 0.0802. The number of nitrogens with one attached hydrogen (secondary N) is 1. The highest BCUT2D eigenvalue weighted by Gasteiger charge is 2.26. The highest BCUT2D eigenvalue weighted by atomic mass is 32.2. The number of benzene rings is 2. The van der Waals surface area contributed by atoms with Crippen LogP contribution in [-0.4, -0.2) is 38.8 Å². The number of sulfone groups is 1. The number of aryl methyl sites for hydroxylation is 1. The quantitative estimate of drug-likeness (QED) is 0.589. The largest absolute Gasteiger partial charge is 0.384 e. The highest BCUT2D eigenvalue weighted by Crippen LogP contribution is 2.31. The van der Waals surface area contributed by atoms with E-state index in [4.69, 9.17) is 10.7 Å². The zero-order valence-electron chi connectivity index (χ0n) is 17.3. The first-order chi connectivity index (χ1) is 14.5. The molecule has 2 heterocycles. The Kier molecular flexibility index (Phi) is 5.92. The van der Waals surface area contributed by atoms with Crippen molar-refractivity contribution >= 4 is 32.2 Å². The predicted octanol–water partition coefficient (Wildman–Crippen LogP) is 3.49. The number of nitrogens with zero attached hydrogens (tertiary/aromatic N) is 2. The monoisotopic (exact) mass is 424 g/mol. The number of hydrogen-bond donors (Lipinski definition) is 2. The molecule has 30 heavy (non-hydrogen) atoms. The van der Waals surface area contributed by atoms with E-state index in [-0.39, 0.29) is 5.75 Å². The third-order valence-electron chi connectivity index (χ3n) is 5.52. The Hall–Kier alpha value is -2.64. The molecule has 0 saturated carbocycles. The number of anilines is 2. The van der Waals surface area contributed by atoms with Crippen molar-refractivity contribution in [3.63, 3.8) is 0 Å². The van der Waals surface area contributed by atoms with Crippen LogP contribution in [0.3, 0.4) is 0 Å². The second-order valence-corrected chi connectivity index (χ2v) is 9.90. The predicted molar refractivity (Wildman–Crippen MR) is 123 cm³/mol. The van der Waals surface area contributed by atoms with Crippen LogP contribution in [0.1, 0.15) is 24.0 Å². The number of aromatic nitrogens is 1. The third-order valence-corrected chi connectivity index (χ3v) is 7.31. The average molecular weight is 425 g/mol. The average Bonchev–Trinajstić information content (AvgIpc) is 2.87. The van der Waals surface area contributed by atoms with Crippen molar-refractivity contribution in [2.45, 2.75) is 31.2 Å². The van der Waals surface area contributed by atoms with Gasteiger partial charge in [0.2, 0.25) is 0 Å². The Morgan fingerprint density at radius 3 is 2.80 bits per heavy atom. The zero-order chi connectivity index (χ0) is 21.1. The van der Waals surface area contributed by atoms with Gasteiger partial charge < -0.3 is 16.0 Å². The van der Waals surface area contributed by atoms with Gasteiger partial charge in [-0.3, -0.25) is 0 Å². The first-order valence-electron chi connectivity index (χ1n) is 10.4. The SMILES string of the molecule is Cc1ccc2nc(N3CCS(=O)(=O)c4ccccc4C3)cc(NCCCCN)c2c1. The molecule has 158 valence electrons. The normalized spacial score (nSPS) is 15.6. The molecule has 7 heteroatoms. The molecule has 4 rings (SSSR count). The van der Waals surface area contributed by atoms with E-state index < -0.39 is 9.84 Å². The van der Waals surface area contributed by atoms with Crippen LogP contribution in [0, 0.1) is 6.92 Å². The standard InChI is InChI=1S/C23H28N4O2S/c1-17-8-9-20-19(14-17)21(25-11-5-4-10-24)15-23(26-20)27-12-13-30(28,29)22-7-3-2-6-18(22)16-27/h2-3,6-9,14-15H,4-5,10-13,16,24H2,1H3,(H,25,26). The van der Waals surface area contributed by atoms with Crippen LogP contribution in [0.2, 0.25) is 0 Å². The van der Waals surface area contributed by atoms with E-state index >= 15 is 0 Å². The number of hydrogen-bond acceptors (Lipinski definition) is 6. The Morgan fingerprint density at radius 1 is 1.13 bits per heavy atom. The van der Waals surface area contributed by atoms with Crippen LogP contribution in [0.15, 0.2) is 53.4 Å². The van der Waals surface area contributed by atoms with Gasteiger partial charge in [-0.25, -0.2) is 13.4 Å². The molecule has 1 aliphatic heterocycles. The Bertz CT molecular complexity index is 1160. The molecule has 0 aliphatic carbocycles. The summed E-state index contributed by atoms with van der Waals surface area (Å²) in [6, 6.07) is 15.5. The summed E-state index contributed by atoms with van der Waals surface area (Å²) in [6.45, 7) is 4.52. The fourth-order valence-electron chi connectivity index (χ4n) is 3.88. The molecule has 0 unspecified atom stereocenters. The summed E-state index contributed by atoms with van der Waals surface area (Å²) in [5.74, 6) is 0.872. The molecule has 0 spiro atoms. The summed E-state index contributed by atoms with van der Waals surface area (Å²) in [5.41, 5.74) is 9.54. The molecular weight excluding hydrogens is 396 g/mol. The first-order valence-corrected chi connectivity index (χ1v) is 12.0. The number of nitrogens with two attached hydrogens (primary N) is 1. The zero-order valence-corrected chi connectivity index (χ0v) is 18.1. The number of unbranched alkanes of at least 4 members (excludes halogenated alkanes) is 1. The first kappa shape index (κ1) is 20.6. The fourth-order valence-corrected chi connectivity index (χ4v) is 5.38. The van der Waals surface area contributed by atoms with Crippen LogP contribution in [0.4, 0.5) is 11.5 Å². The van der Waals surface area contributed by atoms with E-state index in [9.17, 15) is 8.42 Å². The number of rotatable bonds is 6. The highest BCUT2D eigenvalue weighted by molar-refractivity contribution is 7.91. The van der Waals surface area contributed by atoms with E-state index in [1.165, 1.54) is 5.56 Å². The molecule has 1 aliphatic rings. The molecule has 0 saturated heterocycles. The molecule has 1 aromatic heterocycles. The maximum absolute atomic E-state index is 12.7. The van der Waals surface area contributed by atoms with E-state index in [2.05, 4.69) is 29.3 Å². The fraction of sp³-hybridized carbons (Fsp3) is 0.348. The minimum Gasteiger partial charge on any atom is -0.384 e. The van der Waals surface area contributed by atoms with Gasteiger partial charge in [0.05, 0.1) is 16.2 Å². The van der Waals surface area contributed by atoms with Crippen molar-refractivity contribution in [3.8, 4) is 0 Å². The van der Waals surface area contributed by atoms with Crippen molar-refractivity contribution in [2.24, 2.45) is 5.73 Å². The summed E-state index contributed by atoms with van der Waals surface area (Å²) < 4.78 is 25.4. The molecule has 6 nitrogen and oxygen atoms in total. The summed E-state index contributed by atoms with van der Waals surface area (Å²) in [5, 5.41) is 4.62. The Balaban J connectivity index is 1.72. The van der Waals surface area contributed by atoms with E-state index in [0.717, 1.165) is 47.4 Å². The lowest BCUT2D eigenvalue weighted by Gasteiger charge is -2.23. The minimum atomic E-state index is -3.30. The summed E-state index contributed by atoms with van der Waals surface area (Å²) >= 11 is 0. The van der Waals surface area contributed by atoms with E-state index in [0.29, 0.717) is 24.5 Å². The van der Waals surface area contributed by atoms with Gasteiger partial charge in [-0.2, -0.15) is 0 Å². The van der Waals surface area contributed by atoms with Crippen LogP contribution in [-0.2, 0) is 16.4 Å². The molecule has 0 radical (unpaired) electrons. The van der Waals surface area contributed by atoms with Crippen LogP contribution in [0.5, 0.6) is 0 Å². The third kappa shape index (κ3) is 4.27. The Labute approximate surface area is 178 Å². The van der Waals surface area contributed by atoms with Gasteiger partial charge >= 0.3 is 0 Å². The molecule has 0 bridgehead atoms. The molecule has 0 amide bonds. The van der Waals surface area contributed by atoms with Crippen molar-refractivity contribution in [1.82, 2.24) is 4.98 Å². The van der Waals surface area contributed by atoms with Gasteiger partial charge in [-0.1, -0.05) is 29.8 Å². The van der Waals surface area contributed by atoms with E-state index in [1.54, 1.807) is 12.1 Å². The molecule has 0 atom stereocenters. The van der Waals surface area contributed by atoms with Crippen LogP contribution >= 0.6 is 0 Å². The second kappa shape index (κ2) is 8.62. The van der Waals surface area contributed by atoms with Crippen molar-refractivity contribution < 1.29 is 8.42 Å². The molecule has 3 N–H and O–H groups in total. The van der Waals surface area contributed by atoms with Gasteiger partial charge in [0.25, 0.3) is 0 Å². The molecule has 2 aromatic carbocycles.